The summed E-state index contributed by atoms with van der Waals surface area (Å²) in [6, 6.07) is 4.81. The molecule has 1 fully saturated rings. The Morgan fingerprint density at radius 2 is 1.83 bits per heavy atom. The number of hydrogen-bond donors (Lipinski definition) is 2. The van der Waals surface area contributed by atoms with Gasteiger partial charge in [0, 0.05) is 42.8 Å². The predicted octanol–water partition coefficient (Wildman–Crippen LogP) is 2.44. The normalized spacial score (nSPS) is 17.2. The van der Waals surface area contributed by atoms with Crippen molar-refractivity contribution in [3.8, 4) is 0 Å². The largest absolute Gasteiger partial charge is 0.405 e. The molecule has 0 saturated carbocycles. The lowest BCUT2D eigenvalue weighted by Crippen LogP contribution is -2.57. The van der Waals surface area contributed by atoms with Gasteiger partial charge in [0.25, 0.3) is 5.91 Å². The van der Waals surface area contributed by atoms with Crippen LogP contribution in [0, 0.1) is 0 Å². The Labute approximate surface area is 147 Å². The topological polar surface area (TPSA) is 44.4 Å². The second-order valence-electron chi connectivity index (χ2n) is 5.06. The molecule has 1 saturated heterocycles. The standard InChI is InChI=1S/C14H17BrF3N3O.ClH/c15-11-3-1-10(2-4-11)13(22)20-9-12(14(16,17)18)21-7-5-19-6-8-21;/h1-4,12,19H,5-9H2,(H,20,22);1H. The van der Waals surface area contributed by atoms with E-state index in [-0.39, 0.29) is 12.4 Å². The molecule has 130 valence electrons. The quantitative estimate of drug-likeness (QED) is 0.792. The van der Waals surface area contributed by atoms with Crippen LogP contribution in [-0.4, -0.2) is 55.7 Å². The fourth-order valence-corrected chi connectivity index (χ4v) is 2.60. The molecule has 0 bridgehead atoms. The molecule has 2 rings (SSSR count). The number of piperazine rings is 1. The average molecular weight is 417 g/mol. The molecule has 1 heterocycles. The van der Waals surface area contributed by atoms with Crippen molar-refractivity contribution >= 4 is 34.2 Å². The molecule has 1 aliphatic rings. The van der Waals surface area contributed by atoms with E-state index in [0.29, 0.717) is 31.7 Å². The van der Waals surface area contributed by atoms with Crippen LogP contribution in [0.3, 0.4) is 0 Å². The molecule has 4 nitrogen and oxygen atoms in total. The molecule has 1 unspecified atom stereocenters. The van der Waals surface area contributed by atoms with E-state index in [1.54, 1.807) is 24.3 Å². The smallest absolute Gasteiger partial charge is 0.350 e. The van der Waals surface area contributed by atoms with E-state index in [0.717, 1.165) is 4.47 Å². The zero-order valence-corrected chi connectivity index (χ0v) is 14.6. The third kappa shape index (κ3) is 5.95. The van der Waals surface area contributed by atoms with Crippen molar-refractivity contribution in [3.63, 3.8) is 0 Å². The maximum absolute atomic E-state index is 13.2. The van der Waals surface area contributed by atoms with Crippen LogP contribution in [0.2, 0.25) is 0 Å². The van der Waals surface area contributed by atoms with Crippen molar-refractivity contribution in [2.45, 2.75) is 12.2 Å². The Hall–Kier alpha value is -0.830. The summed E-state index contributed by atoms with van der Waals surface area (Å²) in [7, 11) is 0. The fourth-order valence-electron chi connectivity index (χ4n) is 2.34. The van der Waals surface area contributed by atoms with Crippen LogP contribution in [0.5, 0.6) is 0 Å². The Morgan fingerprint density at radius 3 is 2.35 bits per heavy atom. The summed E-state index contributed by atoms with van der Waals surface area (Å²) >= 11 is 3.24. The Balaban J connectivity index is 0.00000264. The van der Waals surface area contributed by atoms with Gasteiger partial charge >= 0.3 is 6.18 Å². The number of rotatable bonds is 4. The van der Waals surface area contributed by atoms with Gasteiger partial charge in [0.05, 0.1) is 0 Å². The zero-order chi connectivity index (χ0) is 16.2. The van der Waals surface area contributed by atoms with Crippen molar-refractivity contribution in [2.75, 3.05) is 32.7 Å². The first-order valence-corrected chi connectivity index (χ1v) is 7.72. The number of alkyl halides is 3. The van der Waals surface area contributed by atoms with Gasteiger partial charge in [-0.25, -0.2) is 0 Å². The second kappa shape index (κ2) is 8.86. The summed E-state index contributed by atoms with van der Waals surface area (Å²) in [5.41, 5.74) is 0.337. The molecule has 0 aromatic heterocycles. The molecule has 0 radical (unpaired) electrons. The molecule has 1 aliphatic heterocycles. The lowest BCUT2D eigenvalue weighted by Gasteiger charge is -2.35. The van der Waals surface area contributed by atoms with Gasteiger partial charge in [-0.1, -0.05) is 15.9 Å². The zero-order valence-electron chi connectivity index (χ0n) is 12.2. The molecule has 0 aliphatic carbocycles. The fraction of sp³-hybridized carbons (Fsp3) is 0.500. The van der Waals surface area contributed by atoms with Gasteiger partial charge in [0.1, 0.15) is 6.04 Å². The number of halogens is 5. The minimum Gasteiger partial charge on any atom is -0.350 e. The number of amides is 1. The Bertz CT molecular complexity index is 507. The van der Waals surface area contributed by atoms with Crippen LogP contribution < -0.4 is 10.6 Å². The molecule has 1 aromatic rings. The first kappa shape index (κ1) is 20.2. The Kier molecular flexibility index (Phi) is 7.79. The SMILES string of the molecule is Cl.O=C(NCC(N1CCNCC1)C(F)(F)F)c1ccc(Br)cc1. The van der Waals surface area contributed by atoms with Gasteiger partial charge in [0.2, 0.25) is 0 Å². The van der Waals surface area contributed by atoms with E-state index in [1.807, 2.05) is 0 Å². The molecule has 1 amide bonds. The second-order valence-corrected chi connectivity index (χ2v) is 5.98. The highest BCUT2D eigenvalue weighted by molar-refractivity contribution is 9.10. The summed E-state index contributed by atoms with van der Waals surface area (Å²) in [6.45, 7) is 1.23. The molecule has 9 heteroatoms. The van der Waals surface area contributed by atoms with Gasteiger partial charge in [-0.15, -0.1) is 12.4 Å². The van der Waals surface area contributed by atoms with E-state index in [1.165, 1.54) is 4.90 Å². The monoisotopic (exact) mass is 415 g/mol. The van der Waals surface area contributed by atoms with Gasteiger partial charge in [-0.2, -0.15) is 13.2 Å². The van der Waals surface area contributed by atoms with Crippen molar-refractivity contribution in [3.05, 3.63) is 34.3 Å². The summed E-state index contributed by atoms with van der Waals surface area (Å²) in [6.07, 6.45) is -4.37. The van der Waals surface area contributed by atoms with E-state index >= 15 is 0 Å². The lowest BCUT2D eigenvalue weighted by atomic mass is 10.1. The average Bonchev–Trinajstić information content (AvgIpc) is 2.47. The van der Waals surface area contributed by atoms with E-state index in [2.05, 4.69) is 26.6 Å². The lowest BCUT2D eigenvalue weighted by molar-refractivity contribution is -0.183. The third-order valence-electron chi connectivity index (χ3n) is 3.53. The van der Waals surface area contributed by atoms with Crippen LogP contribution in [-0.2, 0) is 0 Å². The maximum Gasteiger partial charge on any atom is 0.405 e. The minimum atomic E-state index is -4.37. The number of hydrogen-bond acceptors (Lipinski definition) is 3. The van der Waals surface area contributed by atoms with Gasteiger partial charge in [-0.3, -0.25) is 9.69 Å². The summed E-state index contributed by atoms with van der Waals surface area (Å²) in [4.78, 5) is 13.3. The highest BCUT2D eigenvalue weighted by Crippen LogP contribution is 2.24. The molecule has 2 N–H and O–H groups in total. The van der Waals surface area contributed by atoms with E-state index < -0.39 is 24.7 Å². The summed E-state index contributed by atoms with van der Waals surface area (Å²) < 4.78 is 40.4. The number of benzene rings is 1. The van der Waals surface area contributed by atoms with Crippen LogP contribution in [0.4, 0.5) is 13.2 Å². The van der Waals surface area contributed by atoms with Crippen molar-refractivity contribution in [1.82, 2.24) is 15.5 Å². The van der Waals surface area contributed by atoms with Crippen LogP contribution in [0.1, 0.15) is 10.4 Å². The van der Waals surface area contributed by atoms with Crippen molar-refractivity contribution in [1.29, 1.82) is 0 Å². The molecule has 23 heavy (non-hydrogen) atoms. The molecule has 1 atom stereocenters. The molecule has 0 spiro atoms. The van der Waals surface area contributed by atoms with Crippen LogP contribution >= 0.6 is 28.3 Å². The minimum absolute atomic E-state index is 0. The first-order chi connectivity index (χ1) is 10.4. The van der Waals surface area contributed by atoms with Gasteiger partial charge in [-0.05, 0) is 24.3 Å². The van der Waals surface area contributed by atoms with E-state index in [4.69, 9.17) is 0 Å². The van der Waals surface area contributed by atoms with Crippen LogP contribution in [0.15, 0.2) is 28.7 Å². The van der Waals surface area contributed by atoms with Gasteiger partial charge in [0.15, 0.2) is 0 Å². The van der Waals surface area contributed by atoms with Crippen LogP contribution in [0.25, 0.3) is 0 Å². The van der Waals surface area contributed by atoms with Crippen molar-refractivity contribution in [2.24, 2.45) is 0 Å². The number of carbonyl (C=O) groups is 1. The predicted molar refractivity (Wildman–Crippen MR) is 88.0 cm³/mol. The van der Waals surface area contributed by atoms with Gasteiger partial charge < -0.3 is 10.6 Å². The Morgan fingerprint density at radius 1 is 1.26 bits per heavy atom. The number of nitrogens with zero attached hydrogens (tertiary/aromatic N) is 1. The number of carbonyl (C=O) groups excluding carboxylic acids is 1. The summed E-state index contributed by atoms with van der Waals surface area (Å²) in [5, 5.41) is 5.40. The molecule has 1 aromatic carbocycles. The highest BCUT2D eigenvalue weighted by Gasteiger charge is 2.43. The summed E-state index contributed by atoms with van der Waals surface area (Å²) in [5.74, 6) is -0.503. The van der Waals surface area contributed by atoms with E-state index in [9.17, 15) is 18.0 Å². The number of nitrogens with one attached hydrogen (secondary N) is 2. The molecular weight excluding hydrogens is 399 g/mol. The maximum atomic E-state index is 13.2. The first-order valence-electron chi connectivity index (χ1n) is 6.93. The highest BCUT2D eigenvalue weighted by atomic mass is 79.9. The third-order valence-corrected chi connectivity index (χ3v) is 4.06. The van der Waals surface area contributed by atoms with Crippen molar-refractivity contribution < 1.29 is 18.0 Å². The molecular formula is C14H18BrClF3N3O.